The third-order valence-corrected chi connectivity index (χ3v) is 1.85. The van der Waals surface area contributed by atoms with Gasteiger partial charge in [0, 0.05) is 6.54 Å². The maximum absolute atomic E-state index is 11.3. The van der Waals surface area contributed by atoms with Crippen LogP contribution in [0.5, 0.6) is 0 Å². The van der Waals surface area contributed by atoms with E-state index in [0.717, 1.165) is 4.57 Å². The van der Waals surface area contributed by atoms with Crippen molar-refractivity contribution in [3.8, 4) is 0 Å². The van der Waals surface area contributed by atoms with Crippen LogP contribution in [-0.4, -0.2) is 9.55 Å². The Hall–Kier alpha value is -1.92. The van der Waals surface area contributed by atoms with Gasteiger partial charge in [-0.2, -0.15) is 0 Å². The van der Waals surface area contributed by atoms with Crippen molar-refractivity contribution in [3.63, 3.8) is 0 Å². The molecular formula is C8H12N4O3. The smallest absolute Gasteiger partial charge is 0.330 e. The fourth-order valence-electron chi connectivity index (χ4n) is 1.21. The Bertz CT molecular complexity index is 486. The molecule has 1 aromatic rings. The first kappa shape index (κ1) is 11.2. The summed E-state index contributed by atoms with van der Waals surface area (Å²) in [6.07, 6.45) is 0. The number of nitrogen functional groups attached to an aromatic ring is 1. The highest BCUT2D eigenvalue weighted by atomic mass is 16.3. The van der Waals surface area contributed by atoms with Crippen molar-refractivity contribution in [2.45, 2.75) is 20.4 Å². The first-order valence-electron chi connectivity index (χ1n) is 4.43. The van der Waals surface area contributed by atoms with E-state index in [4.69, 9.17) is 5.73 Å². The molecule has 0 saturated heterocycles. The molecule has 0 spiro atoms. The zero-order chi connectivity index (χ0) is 11.6. The van der Waals surface area contributed by atoms with E-state index in [1.54, 1.807) is 0 Å². The largest absolute Gasteiger partial charge is 0.383 e. The Morgan fingerprint density at radius 1 is 1.47 bits per heavy atom. The van der Waals surface area contributed by atoms with Crippen molar-refractivity contribution in [1.29, 1.82) is 0 Å². The summed E-state index contributed by atoms with van der Waals surface area (Å²) < 4.78 is 1.13. The highest BCUT2D eigenvalue weighted by Crippen LogP contribution is 2.13. The summed E-state index contributed by atoms with van der Waals surface area (Å²) in [5, 5.41) is 2.50. The maximum Gasteiger partial charge on any atom is 0.330 e. The SMILES string of the molecule is CC(C)Cn1c(N)c(N=O)c(=O)[nH]c1=O. The van der Waals surface area contributed by atoms with Crippen LogP contribution in [-0.2, 0) is 6.54 Å². The van der Waals surface area contributed by atoms with Crippen LogP contribution in [0.2, 0.25) is 0 Å². The van der Waals surface area contributed by atoms with Gasteiger partial charge in [-0.05, 0) is 11.1 Å². The van der Waals surface area contributed by atoms with Gasteiger partial charge in [-0.25, -0.2) is 4.79 Å². The van der Waals surface area contributed by atoms with Gasteiger partial charge in [0.25, 0.3) is 5.56 Å². The predicted octanol–water partition coefficient (Wildman–Crippen LogP) is 0.173. The molecular weight excluding hydrogens is 200 g/mol. The van der Waals surface area contributed by atoms with Gasteiger partial charge in [-0.1, -0.05) is 13.8 Å². The number of nitrogens with two attached hydrogens (primary N) is 1. The van der Waals surface area contributed by atoms with E-state index in [9.17, 15) is 14.5 Å². The summed E-state index contributed by atoms with van der Waals surface area (Å²) in [6.45, 7) is 4.08. The summed E-state index contributed by atoms with van der Waals surface area (Å²) in [5.41, 5.74) is 3.56. The van der Waals surface area contributed by atoms with Crippen LogP contribution in [0, 0.1) is 10.8 Å². The van der Waals surface area contributed by atoms with Crippen LogP contribution in [0.25, 0.3) is 0 Å². The lowest BCUT2D eigenvalue weighted by Gasteiger charge is -2.11. The topological polar surface area (TPSA) is 110 Å². The van der Waals surface area contributed by atoms with E-state index in [-0.39, 0.29) is 11.7 Å². The Morgan fingerprint density at radius 2 is 2.07 bits per heavy atom. The number of hydrogen-bond donors (Lipinski definition) is 2. The van der Waals surface area contributed by atoms with Gasteiger partial charge in [0.1, 0.15) is 5.82 Å². The molecule has 1 heterocycles. The molecule has 0 aromatic carbocycles. The molecule has 3 N–H and O–H groups in total. The minimum Gasteiger partial charge on any atom is -0.383 e. The number of hydrogen-bond acceptors (Lipinski definition) is 5. The Balaban J connectivity index is 3.46. The second-order valence-corrected chi connectivity index (χ2v) is 3.59. The lowest BCUT2D eigenvalue weighted by Crippen LogP contribution is -2.33. The molecule has 1 aromatic heterocycles. The number of rotatable bonds is 3. The van der Waals surface area contributed by atoms with Crippen LogP contribution >= 0.6 is 0 Å². The monoisotopic (exact) mass is 212 g/mol. The van der Waals surface area contributed by atoms with Crippen molar-refractivity contribution in [2.75, 3.05) is 5.73 Å². The van der Waals surface area contributed by atoms with Crippen molar-refractivity contribution in [1.82, 2.24) is 9.55 Å². The van der Waals surface area contributed by atoms with Gasteiger partial charge in [-0.15, -0.1) is 4.91 Å². The summed E-state index contributed by atoms with van der Waals surface area (Å²) in [6, 6.07) is 0. The number of nitrogens with zero attached hydrogens (tertiary/aromatic N) is 2. The molecule has 0 unspecified atom stereocenters. The number of aromatic amines is 1. The predicted molar refractivity (Wildman–Crippen MR) is 56.0 cm³/mol. The average molecular weight is 212 g/mol. The third kappa shape index (κ3) is 2.12. The molecule has 0 aliphatic carbocycles. The molecule has 15 heavy (non-hydrogen) atoms. The average Bonchev–Trinajstić information content (AvgIpc) is 2.12. The van der Waals surface area contributed by atoms with Crippen molar-refractivity contribution < 1.29 is 0 Å². The second kappa shape index (κ2) is 4.07. The standard InChI is InChI=1S/C8H12N4O3/c1-4(2)3-12-6(9)5(11-15)7(13)10-8(12)14/h4H,3,9H2,1-2H3,(H,10,13,14). The molecule has 82 valence electrons. The van der Waals surface area contributed by atoms with Gasteiger partial charge < -0.3 is 5.73 Å². The van der Waals surface area contributed by atoms with Gasteiger partial charge in [0.15, 0.2) is 0 Å². The van der Waals surface area contributed by atoms with E-state index in [2.05, 4.69) is 5.18 Å². The van der Waals surface area contributed by atoms with Gasteiger partial charge in [-0.3, -0.25) is 14.3 Å². The highest BCUT2D eigenvalue weighted by Gasteiger charge is 2.13. The molecule has 0 saturated carbocycles. The maximum atomic E-state index is 11.3. The zero-order valence-corrected chi connectivity index (χ0v) is 8.48. The third-order valence-electron chi connectivity index (χ3n) is 1.85. The Morgan fingerprint density at radius 3 is 2.53 bits per heavy atom. The number of anilines is 1. The van der Waals surface area contributed by atoms with Crippen LogP contribution in [0.4, 0.5) is 11.5 Å². The van der Waals surface area contributed by atoms with Crippen LogP contribution < -0.4 is 17.0 Å². The van der Waals surface area contributed by atoms with E-state index >= 15 is 0 Å². The number of nitrogens with one attached hydrogen (secondary N) is 1. The molecule has 7 heteroatoms. The first-order valence-corrected chi connectivity index (χ1v) is 4.43. The fourth-order valence-corrected chi connectivity index (χ4v) is 1.21. The zero-order valence-electron chi connectivity index (χ0n) is 8.48. The molecule has 0 atom stereocenters. The van der Waals surface area contributed by atoms with Crippen molar-refractivity contribution in [2.24, 2.45) is 11.1 Å². The highest BCUT2D eigenvalue weighted by molar-refractivity contribution is 5.55. The van der Waals surface area contributed by atoms with E-state index in [1.165, 1.54) is 0 Å². The Labute approximate surface area is 84.9 Å². The molecule has 0 radical (unpaired) electrons. The second-order valence-electron chi connectivity index (χ2n) is 3.59. The van der Waals surface area contributed by atoms with Crippen molar-refractivity contribution >= 4 is 11.5 Å². The number of nitroso groups, excluding NO2 is 1. The molecule has 7 nitrogen and oxygen atoms in total. The summed E-state index contributed by atoms with van der Waals surface area (Å²) in [5.74, 6) is -0.0251. The van der Waals surface area contributed by atoms with Crippen LogP contribution in [0.15, 0.2) is 14.8 Å². The van der Waals surface area contributed by atoms with E-state index < -0.39 is 16.9 Å². The van der Waals surface area contributed by atoms with Crippen LogP contribution in [0.3, 0.4) is 0 Å². The number of aromatic nitrogens is 2. The molecule has 0 amide bonds. The summed E-state index contributed by atoms with van der Waals surface area (Å²) in [7, 11) is 0. The van der Waals surface area contributed by atoms with E-state index in [1.807, 2.05) is 18.8 Å². The minimum atomic E-state index is -0.854. The summed E-state index contributed by atoms with van der Waals surface area (Å²) in [4.78, 5) is 34.8. The summed E-state index contributed by atoms with van der Waals surface area (Å²) >= 11 is 0. The molecule has 0 bridgehead atoms. The van der Waals surface area contributed by atoms with Gasteiger partial charge in [0.05, 0.1) is 0 Å². The molecule has 1 rings (SSSR count). The lowest BCUT2D eigenvalue weighted by atomic mass is 10.2. The minimum absolute atomic E-state index is 0.162. The normalized spacial score (nSPS) is 10.6. The Kier molecular flexibility index (Phi) is 3.03. The van der Waals surface area contributed by atoms with Crippen molar-refractivity contribution in [3.05, 3.63) is 25.7 Å². The molecule has 0 aliphatic heterocycles. The lowest BCUT2D eigenvalue weighted by molar-refractivity contribution is 0.508. The van der Waals surface area contributed by atoms with Gasteiger partial charge >= 0.3 is 5.69 Å². The van der Waals surface area contributed by atoms with Gasteiger partial charge in [0.2, 0.25) is 5.69 Å². The van der Waals surface area contributed by atoms with Crippen LogP contribution in [0.1, 0.15) is 13.8 Å². The quantitative estimate of drug-likeness (QED) is 0.696. The van der Waals surface area contributed by atoms with E-state index in [0.29, 0.717) is 6.54 Å². The molecule has 0 fully saturated rings. The molecule has 0 aliphatic rings. The fraction of sp³-hybridized carbons (Fsp3) is 0.500. The first-order chi connectivity index (χ1) is 6.97. The number of H-pyrrole nitrogens is 1.